The third-order valence-electron chi connectivity index (χ3n) is 3.56. The molecule has 98 valence electrons. The highest BCUT2D eigenvalue weighted by Gasteiger charge is 2.46. The Morgan fingerprint density at radius 1 is 1.28 bits per heavy atom. The second kappa shape index (κ2) is 5.35. The van der Waals surface area contributed by atoms with Gasteiger partial charge in [0.15, 0.2) is 0 Å². The zero-order valence-electron chi connectivity index (χ0n) is 11.2. The Labute approximate surface area is 113 Å². The number of ether oxygens (including phenoxy) is 1. The van der Waals surface area contributed by atoms with Crippen molar-refractivity contribution >= 4 is 17.7 Å². The van der Waals surface area contributed by atoms with E-state index < -0.39 is 0 Å². The first kappa shape index (κ1) is 13.5. The van der Waals surface area contributed by atoms with E-state index in [4.69, 9.17) is 4.74 Å². The van der Waals surface area contributed by atoms with Gasteiger partial charge in [0, 0.05) is 10.1 Å². The molecule has 0 heterocycles. The molecule has 2 nitrogen and oxygen atoms in total. The second-order valence-corrected chi connectivity index (χ2v) is 6.77. The Hall–Kier alpha value is -0.960. The average Bonchev–Trinajstić information content (AvgIpc) is 2.29. The predicted molar refractivity (Wildman–Crippen MR) is 75.0 cm³/mol. The number of benzene rings is 1. The summed E-state index contributed by atoms with van der Waals surface area (Å²) in [4.78, 5) is 13.2. The van der Waals surface area contributed by atoms with Gasteiger partial charge in [-0.1, -0.05) is 32.4 Å². The fourth-order valence-electron chi connectivity index (χ4n) is 2.46. The maximum atomic E-state index is 12.0. The molecule has 0 aliphatic heterocycles. The molecule has 1 aliphatic carbocycles. The quantitative estimate of drug-likeness (QED) is 0.611. The molecule has 0 aromatic heterocycles. The van der Waals surface area contributed by atoms with Gasteiger partial charge in [0.25, 0.3) is 0 Å². The molecular formula is C15H20O2S. The van der Waals surface area contributed by atoms with Crippen molar-refractivity contribution < 1.29 is 9.53 Å². The molecule has 18 heavy (non-hydrogen) atoms. The summed E-state index contributed by atoms with van der Waals surface area (Å²) in [7, 11) is 1.48. The number of hydrogen-bond acceptors (Lipinski definition) is 3. The Morgan fingerprint density at radius 3 is 2.28 bits per heavy atom. The minimum Gasteiger partial charge on any atom is -0.468 e. The van der Waals surface area contributed by atoms with Crippen LogP contribution in [0.1, 0.15) is 38.7 Å². The third kappa shape index (κ3) is 2.41. The number of rotatable bonds is 4. The lowest BCUT2D eigenvalue weighted by Crippen LogP contribution is -2.43. The lowest BCUT2D eigenvalue weighted by atomic mass is 9.64. The van der Waals surface area contributed by atoms with Crippen LogP contribution in [0.5, 0.6) is 0 Å². The molecule has 0 spiro atoms. The first-order chi connectivity index (χ1) is 8.58. The average molecular weight is 264 g/mol. The highest BCUT2D eigenvalue weighted by Crippen LogP contribution is 2.45. The van der Waals surface area contributed by atoms with Crippen molar-refractivity contribution in [2.75, 3.05) is 7.11 Å². The fourth-order valence-corrected chi connectivity index (χ4v) is 3.30. The van der Waals surface area contributed by atoms with E-state index in [1.807, 2.05) is 11.8 Å². The van der Waals surface area contributed by atoms with Crippen molar-refractivity contribution in [2.45, 2.75) is 48.7 Å². The van der Waals surface area contributed by atoms with Crippen molar-refractivity contribution in [3.63, 3.8) is 0 Å². The highest BCUT2D eigenvalue weighted by atomic mass is 32.2. The van der Waals surface area contributed by atoms with E-state index in [0.29, 0.717) is 5.25 Å². The molecular weight excluding hydrogens is 244 g/mol. The SMILES string of the molecule is COC(=O)C1(c2ccc(SC(C)C)cc2)CCC1. The van der Waals surface area contributed by atoms with Crippen molar-refractivity contribution in [3.05, 3.63) is 29.8 Å². The molecule has 0 atom stereocenters. The minimum absolute atomic E-state index is 0.0852. The zero-order valence-corrected chi connectivity index (χ0v) is 12.0. The van der Waals surface area contributed by atoms with Gasteiger partial charge in [-0.05, 0) is 30.5 Å². The second-order valence-electron chi connectivity index (χ2n) is 5.12. The summed E-state index contributed by atoms with van der Waals surface area (Å²) in [6.45, 7) is 4.36. The maximum Gasteiger partial charge on any atom is 0.316 e. The molecule has 0 amide bonds. The van der Waals surface area contributed by atoms with E-state index in [0.717, 1.165) is 24.8 Å². The van der Waals surface area contributed by atoms with Crippen LogP contribution in [0.3, 0.4) is 0 Å². The molecule has 0 bridgehead atoms. The fraction of sp³-hybridized carbons (Fsp3) is 0.533. The Balaban J connectivity index is 2.20. The Morgan fingerprint density at radius 2 is 1.89 bits per heavy atom. The number of carbonyl (C=O) groups is 1. The van der Waals surface area contributed by atoms with Gasteiger partial charge >= 0.3 is 5.97 Å². The van der Waals surface area contributed by atoms with Crippen molar-refractivity contribution in [1.29, 1.82) is 0 Å². The number of hydrogen-bond donors (Lipinski definition) is 0. The molecule has 1 saturated carbocycles. The molecule has 2 rings (SSSR count). The van der Waals surface area contributed by atoms with Gasteiger partial charge in [-0.2, -0.15) is 0 Å². The van der Waals surface area contributed by atoms with Gasteiger partial charge in [0.1, 0.15) is 0 Å². The maximum absolute atomic E-state index is 12.0. The van der Waals surface area contributed by atoms with Crippen LogP contribution in [0.2, 0.25) is 0 Å². The van der Waals surface area contributed by atoms with E-state index in [9.17, 15) is 4.79 Å². The summed E-state index contributed by atoms with van der Waals surface area (Å²) >= 11 is 1.84. The van der Waals surface area contributed by atoms with Gasteiger partial charge in [-0.15, -0.1) is 11.8 Å². The van der Waals surface area contributed by atoms with Gasteiger partial charge in [0.05, 0.1) is 12.5 Å². The molecule has 1 aliphatic rings. The zero-order chi connectivity index (χ0) is 13.2. The molecule has 0 saturated heterocycles. The van der Waals surface area contributed by atoms with E-state index in [1.54, 1.807) is 0 Å². The van der Waals surface area contributed by atoms with E-state index in [1.165, 1.54) is 12.0 Å². The molecule has 1 fully saturated rings. The molecule has 3 heteroatoms. The molecule has 0 N–H and O–H groups in total. The van der Waals surface area contributed by atoms with Gasteiger partial charge < -0.3 is 4.74 Å². The summed E-state index contributed by atoms with van der Waals surface area (Å²) in [5.74, 6) is -0.0852. The van der Waals surface area contributed by atoms with Crippen LogP contribution in [0.4, 0.5) is 0 Å². The van der Waals surface area contributed by atoms with Crippen LogP contribution in [0.15, 0.2) is 29.2 Å². The summed E-state index contributed by atoms with van der Waals surface area (Å²) in [6.07, 6.45) is 2.93. The first-order valence-electron chi connectivity index (χ1n) is 6.44. The molecule has 1 aromatic rings. The van der Waals surface area contributed by atoms with Gasteiger partial charge in [-0.25, -0.2) is 0 Å². The van der Waals surface area contributed by atoms with Crippen molar-refractivity contribution in [2.24, 2.45) is 0 Å². The Kier molecular flexibility index (Phi) is 4.00. The monoisotopic (exact) mass is 264 g/mol. The number of thioether (sulfide) groups is 1. The minimum atomic E-state index is -0.365. The van der Waals surface area contributed by atoms with Crippen molar-refractivity contribution in [3.8, 4) is 0 Å². The van der Waals surface area contributed by atoms with Crippen LogP contribution < -0.4 is 0 Å². The van der Waals surface area contributed by atoms with Crippen LogP contribution in [-0.4, -0.2) is 18.3 Å². The van der Waals surface area contributed by atoms with Crippen LogP contribution in [-0.2, 0) is 14.9 Å². The Bertz CT molecular complexity index is 419. The topological polar surface area (TPSA) is 26.3 Å². The van der Waals surface area contributed by atoms with Crippen molar-refractivity contribution in [1.82, 2.24) is 0 Å². The number of carbonyl (C=O) groups excluding carboxylic acids is 1. The van der Waals surface area contributed by atoms with Crippen LogP contribution in [0.25, 0.3) is 0 Å². The number of methoxy groups -OCH3 is 1. The standard InChI is InChI=1S/C15H20O2S/c1-11(2)18-13-7-5-12(6-8-13)15(9-4-10-15)14(16)17-3/h5-8,11H,4,9-10H2,1-3H3. The first-order valence-corrected chi connectivity index (χ1v) is 7.32. The molecule has 0 radical (unpaired) electrons. The lowest BCUT2D eigenvalue weighted by Gasteiger charge is -2.39. The highest BCUT2D eigenvalue weighted by molar-refractivity contribution is 7.99. The summed E-state index contributed by atoms with van der Waals surface area (Å²) in [6, 6.07) is 8.40. The van der Waals surface area contributed by atoms with Gasteiger partial charge in [-0.3, -0.25) is 4.79 Å². The van der Waals surface area contributed by atoms with E-state index >= 15 is 0 Å². The largest absolute Gasteiger partial charge is 0.468 e. The summed E-state index contributed by atoms with van der Waals surface area (Å²) in [5.41, 5.74) is 0.740. The van der Waals surface area contributed by atoms with Crippen LogP contribution >= 0.6 is 11.8 Å². The van der Waals surface area contributed by atoms with E-state index in [2.05, 4.69) is 38.1 Å². The van der Waals surface area contributed by atoms with E-state index in [-0.39, 0.29) is 11.4 Å². The predicted octanol–water partition coefficient (Wildman–Crippen LogP) is 3.78. The lowest BCUT2D eigenvalue weighted by molar-refractivity contribution is -0.151. The number of esters is 1. The molecule has 0 unspecified atom stereocenters. The normalized spacial score (nSPS) is 17.3. The summed E-state index contributed by atoms with van der Waals surface area (Å²) < 4.78 is 4.96. The third-order valence-corrected chi connectivity index (χ3v) is 4.58. The van der Waals surface area contributed by atoms with Crippen LogP contribution in [0, 0.1) is 0 Å². The molecule has 1 aromatic carbocycles. The van der Waals surface area contributed by atoms with Gasteiger partial charge in [0.2, 0.25) is 0 Å². The summed E-state index contributed by atoms with van der Waals surface area (Å²) in [5, 5.41) is 0.578. The smallest absolute Gasteiger partial charge is 0.316 e.